The number of rotatable bonds is 12. The maximum absolute atomic E-state index is 14.0. The van der Waals surface area contributed by atoms with E-state index in [1.807, 2.05) is 69.7 Å². The molecule has 0 unspecified atom stereocenters. The number of carbonyl (C=O) groups is 2. The quantitative estimate of drug-likeness (QED) is 0.324. The molecule has 2 aromatic rings. The molecule has 3 N–H and O–H groups in total. The minimum absolute atomic E-state index is 0.0107. The minimum Gasteiger partial charge on any atom is -0.394 e. The maximum atomic E-state index is 14.0. The first-order valence-corrected chi connectivity index (χ1v) is 16.9. The van der Waals surface area contributed by atoms with E-state index < -0.39 is 24.2 Å². The van der Waals surface area contributed by atoms with E-state index in [2.05, 4.69) is 31.0 Å². The fourth-order valence-electron chi connectivity index (χ4n) is 8.29. The van der Waals surface area contributed by atoms with Gasteiger partial charge in [0.05, 0.1) is 19.3 Å². The van der Waals surface area contributed by atoms with E-state index in [1.165, 1.54) is 6.42 Å². The topological polar surface area (TPSA) is 106 Å². The predicted molar refractivity (Wildman–Crippen MR) is 180 cm³/mol. The lowest BCUT2D eigenvalue weighted by atomic mass is 9.45. The lowest BCUT2D eigenvalue weighted by Crippen LogP contribution is -2.62. The monoisotopic (exact) mass is 634 g/mol. The zero-order valence-corrected chi connectivity index (χ0v) is 28.6. The van der Waals surface area contributed by atoms with Crippen molar-refractivity contribution in [3.8, 4) is 11.1 Å². The molecule has 1 saturated heterocycles. The number of amides is 2. The Balaban J connectivity index is 1.32. The van der Waals surface area contributed by atoms with Gasteiger partial charge in [0.2, 0.25) is 5.91 Å². The lowest BCUT2D eigenvalue weighted by molar-refractivity contribution is -0.183. The Bertz CT molecular complexity index is 1380. The normalized spacial score (nSPS) is 29.3. The van der Waals surface area contributed by atoms with Crippen LogP contribution >= 0.6 is 0 Å². The highest BCUT2D eigenvalue weighted by atomic mass is 16.7. The van der Waals surface area contributed by atoms with Crippen LogP contribution in [0.5, 0.6) is 0 Å². The first kappa shape index (κ1) is 34.5. The van der Waals surface area contributed by atoms with Crippen LogP contribution in [0.25, 0.3) is 11.1 Å². The van der Waals surface area contributed by atoms with Gasteiger partial charge in [0, 0.05) is 31.1 Å². The van der Waals surface area contributed by atoms with Gasteiger partial charge in [0.15, 0.2) is 0 Å². The Kier molecular flexibility index (Phi) is 10.6. The Morgan fingerprint density at radius 1 is 1.07 bits per heavy atom. The summed E-state index contributed by atoms with van der Waals surface area (Å²) in [6.45, 7) is 10.2. The Morgan fingerprint density at radius 3 is 2.39 bits per heavy atom. The number of aliphatic hydroxyl groups excluding tert-OH is 2. The van der Waals surface area contributed by atoms with E-state index in [4.69, 9.17) is 4.84 Å². The molecular weight excluding hydrogens is 580 g/mol. The van der Waals surface area contributed by atoms with Crippen molar-refractivity contribution in [2.75, 3.05) is 40.8 Å². The molecule has 252 valence electrons. The van der Waals surface area contributed by atoms with E-state index in [1.54, 1.807) is 16.9 Å². The summed E-state index contributed by atoms with van der Waals surface area (Å²) in [7, 11) is 5.90. The highest BCUT2D eigenvalue weighted by Crippen LogP contribution is 2.61. The summed E-state index contributed by atoms with van der Waals surface area (Å²) in [6, 6.07) is 15.0. The fourth-order valence-corrected chi connectivity index (χ4v) is 8.29. The second-order valence-electron chi connectivity index (χ2n) is 14.9. The lowest BCUT2D eigenvalue weighted by Gasteiger charge is -2.62. The van der Waals surface area contributed by atoms with Gasteiger partial charge in [-0.2, -0.15) is 5.06 Å². The van der Waals surface area contributed by atoms with Gasteiger partial charge in [-0.15, -0.1) is 0 Å². The molecule has 1 aliphatic heterocycles. The van der Waals surface area contributed by atoms with Gasteiger partial charge in [0.1, 0.15) is 12.1 Å². The van der Waals surface area contributed by atoms with Crippen molar-refractivity contribution in [2.45, 2.75) is 77.8 Å². The molecule has 8 atom stereocenters. The molecule has 3 saturated carbocycles. The zero-order chi connectivity index (χ0) is 33.3. The number of fused-ring (bicyclic) bond motifs is 2. The zero-order valence-electron chi connectivity index (χ0n) is 28.6. The van der Waals surface area contributed by atoms with Crippen molar-refractivity contribution >= 4 is 11.8 Å². The second-order valence-corrected chi connectivity index (χ2v) is 14.9. The van der Waals surface area contributed by atoms with Crippen molar-refractivity contribution in [3.05, 3.63) is 59.7 Å². The average molecular weight is 635 g/mol. The van der Waals surface area contributed by atoms with Crippen LogP contribution in [0.4, 0.5) is 0 Å². The van der Waals surface area contributed by atoms with Crippen LogP contribution in [-0.4, -0.2) is 102 Å². The Morgan fingerprint density at radius 2 is 1.76 bits per heavy atom. The first-order valence-electron chi connectivity index (χ1n) is 16.9. The summed E-state index contributed by atoms with van der Waals surface area (Å²) < 4.78 is 0. The SMILES string of the molecule is C[C@@H]1[C@@H](NC(=O)[C@@H]2[C@H]([C@H](C)O)[C@H](CO)ON2Cc2cccc(-c3cccc(C(=O)N(C)CCCN(C)C)c3)c2)C[C@H]2C[C@@H]1C2(C)C. The van der Waals surface area contributed by atoms with Gasteiger partial charge in [0.25, 0.3) is 5.91 Å². The van der Waals surface area contributed by atoms with Crippen LogP contribution in [0.3, 0.4) is 0 Å². The Hall–Kier alpha value is -2.82. The molecule has 9 heteroatoms. The van der Waals surface area contributed by atoms with E-state index in [0.29, 0.717) is 41.8 Å². The molecule has 6 rings (SSSR count). The molecule has 2 bridgehead atoms. The number of hydrogen-bond donors (Lipinski definition) is 3. The van der Waals surface area contributed by atoms with Gasteiger partial charge in [-0.1, -0.05) is 51.1 Å². The van der Waals surface area contributed by atoms with E-state index in [-0.39, 0.29) is 24.5 Å². The van der Waals surface area contributed by atoms with Crippen LogP contribution in [0, 0.1) is 29.1 Å². The molecule has 1 heterocycles. The Labute approximate surface area is 274 Å². The molecule has 46 heavy (non-hydrogen) atoms. The van der Waals surface area contributed by atoms with E-state index in [0.717, 1.165) is 36.1 Å². The van der Waals surface area contributed by atoms with Gasteiger partial charge in [-0.25, -0.2) is 0 Å². The predicted octanol–water partition coefficient (Wildman–Crippen LogP) is 4.04. The highest BCUT2D eigenvalue weighted by Gasteiger charge is 2.57. The molecule has 2 aromatic carbocycles. The molecule has 0 aromatic heterocycles. The first-order chi connectivity index (χ1) is 21.8. The van der Waals surface area contributed by atoms with E-state index >= 15 is 0 Å². The molecule has 3 aliphatic carbocycles. The number of nitrogens with zero attached hydrogens (tertiary/aromatic N) is 3. The standard InChI is InChI=1S/C37H54N4O5/c1-23-30-19-29(37(30,3)4)20-31(23)38-35(44)34-33(24(2)43)32(22-42)46-41(34)21-25-11-8-12-26(17-25)27-13-9-14-28(18-27)36(45)40(7)16-10-15-39(5)6/h8-9,11-14,17-18,23-24,29-34,42-43H,10,15-16,19-22H2,1-7H3,(H,38,44)/t23-,24-,29+,30-,31-,32-,33+,34-/m0/s1. The fraction of sp³-hybridized carbons (Fsp3) is 0.622. The smallest absolute Gasteiger partial charge is 0.253 e. The maximum Gasteiger partial charge on any atom is 0.253 e. The number of nitrogens with one attached hydrogen (secondary N) is 1. The third-order valence-electron chi connectivity index (χ3n) is 11.2. The summed E-state index contributed by atoms with van der Waals surface area (Å²) >= 11 is 0. The van der Waals surface area contributed by atoms with Crippen molar-refractivity contribution in [1.82, 2.24) is 20.2 Å². The summed E-state index contributed by atoms with van der Waals surface area (Å²) in [6.07, 6.45) is 1.56. The number of aliphatic hydroxyl groups is 2. The van der Waals surface area contributed by atoms with Crippen LogP contribution in [-0.2, 0) is 16.2 Å². The molecule has 4 aliphatic rings. The van der Waals surface area contributed by atoms with Crippen LogP contribution in [0.15, 0.2) is 48.5 Å². The van der Waals surface area contributed by atoms with Crippen molar-refractivity contribution in [1.29, 1.82) is 0 Å². The van der Waals surface area contributed by atoms with Gasteiger partial charge in [-0.3, -0.25) is 14.4 Å². The van der Waals surface area contributed by atoms with Crippen LogP contribution in [0.2, 0.25) is 0 Å². The van der Waals surface area contributed by atoms with Crippen molar-refractivity contribution in [2.24, 2.45) is 29.1 Å². The average Bonchev–Trinajstić information content (AvgIpc) is 3.39. The van der Waals surface area contributed by atoms with Crippen LogP contribution in [0.1, 0.15) is 62.9 Å². The number of hydrogen-bond acceptors (Lipinski definition) is 7. The third-order valence-corrected chi connectivity index (χ3v) is 11.2. The molecule has 0 radical (unpaired) electrons. The summed E-state index contributed by atoms with van der Waals surface area (Å²) in [5, 5.41) is 25.9. The van der Waals surface area contributed by atoms with Crippen molar-refractivity contribution < 1.29 is 24.6 Å². The largest absolute Gasteiger partial charge is 0.394 e. The van der Waals surface area contributed by atoms with Gasteiger partial charge in [-0.05, 0) is 105 Å². The highest BCUT2D eigenvalue weighted by molar-refractivity contribution is 5.95. The summed E-state index contributed by atoms with van der Waals surface area (Å²) in [5.74, 6) is 0.822. The van der Waals surface area contributed by atoms with Crippen LogP contribution < -0.4 is 5.32 Å². The van der Waals surface area contributed by atoms with Gasteiger partial charge >= 0.3 is 0 Å². The van der Waals surface area contributed by atoms with Crippen molar-refractivity contribution in [3.63, 3.8) is 0 Å². The summed E-state index contributed by atoms with van der Waals surface area (Å²) in [5.41, 5.74) is 3.75. The second kappa shape index (κ2) is 14.1. The number of carbonyl (C=O) groups excluding carboxylic acids is 2. The number of hydroxylamine groups is 2. The number of benzene rings is 2. The summed E-state index contributed by atoms with van der Waals surface area (Å²) in [4.78, 5) is 37.2. The minimum atomic E-state index is -0.846. The molecule has 4 fully saturated rings. The molecule has 2 amide bonds. The molecule has 9 nitrogen and oxygen atoms in total. The van der Waals surface area contributed by atoms with E-state index in [9.17, 15) is 19.8 Å². The molecule has 0 spiro atoms. The van der Waals surface area contributed by atoms with Gasteiger partial charge < -0.3 is 25.3 Å². The molecular formula is C37H54N4O5. The third kappa shape index (κ3) is 7.04.